The zero-order valence-electron chi connectivity index (χ0n) is 8.04. The molecule has 1 heterocycles. The van der Waals surface area contributed by atoms with E-state index in [9.17, 15) is 0 Å². The van der Waals surface area contributed by atoms with Crippen molar-refractivity contribution in [2.75, 3.05) is 17.2 Å². The van der Waals surface area contributed by atoms with E-state index < -0.39 is 0 Å². The molecule has 0 saturated carbocycles. The molecule has 0 atom stereocenters. The molecule has 1 aromatic rings. The number of hydrogen-bond acceptors (Lipinski definition) is 4. The second kappa shape index (κ2) is 4.77. The van der Waals surface area contributed by atoms with Gasteiger partial charge in [-0.15, -0.1) is 0 Å². The Bertz CT molecular complexity index is 390. The molecule has 0 spiro atoms. The maximum absolute atomic E-state index is 5.62. The fourth-order valence-electron chi connectivity index (χ4n) is 0.980. The average molecular weight is 207 g/mol. The third kappa shape index (κ3) is 2.57. The van der Waals surface area contributed by atoms with Crippen molar-refractivity contribution in [1.82, 2.24) is 4.98 Å². The summed E-state index contributed by atoms with van der Waals surface area (Å²) >= 11 is 4.07. The van der Waals surface area contributed by atoms with Crippen LogP contribution in [0.15, 0.2) is 6.07 Å². The third-order valence-corrected chi connectivity index (χ3v) is 1.96. The predicted octanol–water partition coefficient (Wildman–Crippen LogP) is 1.23. The maximum atomic E-state index is 5.62. The van der Waals surface area contributed by atoms with Gasteiger partial charge in [0.15, 0.2) is 0 Å². The van der Waals surface area contributed by atoms with Gasteiger partial charge in [-0.3, -0.25) is 0 Å². The molecule has 14 heavy (non-hydrogen) atoms. The van der Waals surface area contributed by atoms with E-state index in [1.807, 2.05) is 6.92 Å². The van der Waals surface area contributed by atoms with Crippen LogP contribution < -0.4 is 11.5 Å². The average Bonchev–Trinajstić information content (AvgIpc) is 2.14. The van der Waals surface area contributed by atoms with E-state index in [0.29, 0.717) is 11.5 Å². The Hall–Kier alpha value is -1.34. The summed E-state index contributed by atoms with van der Waals surface area (Å²) in [6.07, 6.45) is 0.757. The van der Waals surface area contributed by atoms with Crippen LogP contribution in [-0.4, -0.2) is 10.7 Å². The molecule has 0 aromatic carbocycles. The molecule has 0 aliphatic rings. The molecule has 3 nitrogen and oxygen atoms in total. The first-order valence-electron chi connectivity index (χ1n) is 4.27. The fourth-order valence-corrected chi connectivity index (χ4v) is 1.09. The molecule has 0 unspecified atom stereocenters. The quantitative estimate of drug-likeness (QED) is 0.479. The largest absolute Gasteiger partial charge is 0.396 e. The Balaban J connectivity index is 3.00. The summed E-state index contributed by atoms with van der Waals surface area (Å²) in [4.78, 5) is 4.08. The molecular formula is C10H13N3S. The number of anilines is 2. The summed E-state index contributed by atoms with van der Waals surface area (Å²) in [5.74, 6) is 7.08. The molecule has 74 valence electrons. The minimum Gasteiger partial charge on any atom is -0.396 e. The predicted molar refractivity (Wildman–Crippen MR) is 63.1 cm³/mol. The highest BCUT2D eigenvalue weighted by molar-refractivity contribution is 7.80. The second-order valence-corrected chi connectivity index (χ2v) is 3.32. The number of thiol groups is 1. The van der Waals surface area contributed by atoms with Crippen LogP contribution in [0.1, 0.15) is 17.7 Å². The monoisotopic (exact) mass is 207 g/mol. The summed E-state index contributed by atoms with van der Waals surface area (Å²) in [5.41, 5.74) is 13.3. The molecule has 4 heteroatoms. The van der Waals surface area contributed by atoms with Crippen molar-refractivity contribution in [2.45, 2.75) is 13.3 Å². The number of nitrogens with two attached hydrogens (primary N) is 2. The smallest absolute Gasteiger partial charge is 0.146 e. The van der Waals surface area contributed by atoms with E-state index >= 15 is 0 Å². The lowest BCUT2D eigenvalue weighted by molar-refractivity contribution is 1.20. The summed E-state index contributed by atoms with van der Waals surface area (Å²) in [7, 11) is 0. The van der Waals surface area contributed by atoms with Crippen LogP contribution >= 0.6 is 12.6 Å². The maximum Gasteiger partial charge on any atom is 0.146 e. The van der Waals surface area contributed by atoms with Gasteiger partial charge in [-0.2, -0.15) is 12.6 Å². The molecule has 4 N–H and O–H groups in total. The lowest BCUT2D eigenvalue weighted by atomic mass is 10.2. The molecule has 1 rings (SSSR count). The van der Waals surface area contributed by atoms with Crippen LogP contribution in [0.25, 0.3) is 0 Å². The second-order valence-electron chi connectivity index (χ2n) is 2.87. The summed E-state index contributed by atoms with van der Waals surface area (Å²) in [5, 5.41) is 0. The topological polar surface area (TPSA) is 64.9 Å². The van der Waals surface area contributed by atoms with Gasteiger partial charge in [-0.1, -0.05) is 11.8 Å². The highest BCUT2D eigenvalue weighted by Gasteiger charge is 2.01. The van der Waals surface area contributed by atoms with E-state index in [-0.39, 0.29) is 0 Å². The van der Waals surface area contributed by atoms with Crippen LogP contribution in [0.4, 0.5) is 11.5 Å². The summed E-state index contributed by atoms with van der Waals surface area (Å²) in [6, 6.07) is 1.75. The van der Waals surface area contributed by atoms with Gasteiger partial charge in [0.2, 0.25) is 0 Å². The third-order valence-electron chi connectivity index (χ3n) is 1.73. The van der Waals surface area contributed by atoms with Crippen molar-refractivity contribution in [1.29, 1.82) is 0 Å². The first kappa shape index (κ1) is 10.7. The lowest BCUT2D eigenvalue weighted by Crippen LogP contribution is -2.01. The lowest BCUT2D eigenvalue weighted by Gasteiger charge is -2.02. The van der Waals surface area contributed by atoms with Crippen molar-refractivity contribution in [2.24, 2.45) is 0 Å². The van der Waals surface area contributed by atoms with E-state index in [4.69, 9.17) is 11.5 Å². The van der Waals surface area contributed by atoms with Crippen LogP contribution in [0.3, 0.4) is 0 Å². The standard InChI is InChI=1S/C10H13N3S/c1-7-8(4-2-3-5-14)6-9(11)10(12)13-7/h6,14H,3,5,11H2,1H3,(H2,12,13). The number of rotatable bonds is 1. The molecule has 0 saturated heterocycles. The number of nitrogens with zero attached hydrogens (tertiary/aromatic N) is 1. The molecule has 0 fully saturated rings. The Kier molecular flexibility index (Phi) is 3.66. The van der Waals surface area contributed by atoms with Crippen LogP contribution in [0.5, 0.6) is 0 Å². The first-order valence-corrected chi connectivity index (χ1v) is 4.90. The van der Waals surface area contributed by atoms with Crippen molar-refractivity contribution in [3.05, 3.63) is 17.3 Å². The molecule has 0 aliphatic carbocycles. The Morgan fingerprint density at radius 2 is 2.21 bits per heavy atom. The van der Waals surface area contributed by atoms with E-state index in [2.05, 4.69) is 29.5 Å². The number of pyridine rings is 1. The van der Waals surface area contributed by atoms with Gasteiger partial charge in [0, 0.05) is 17.7 Å². The zero-order valence-corrected chi connectivity index (χ0v) is 8.94. The van der Waals surface area contributed by atoms with Gasteiger partial charge in [0.25, 0.3) is 0 Å². The molecular weight excluding hydrogens is 194 g/mol. The van der Waals surface area contributed by atoms with Crippen molar-refractivity contribution in [3.8, 4) is 11.8 Å². The van der Waals surface area contributed by atoms with Crippen LogP contribution in [0.2, 0.25) is 0 Å². The van der Waals surface area contributed by atoms with Gasteiger partial charge < -0.3 is 11.5 Å². The molecule has 0 bridgehead atoms. The Morgan fingerprint density at radius 3 is 2.86 bits per heavy atom. The SMILES string of the molecule is Cc1nc(N)c(N)cc1C#CCCS. The normalized spacial score (nSPS) is 9.29. The minimum atomic E-state index is 0.363. The molecule has 1 aromatic heterocycles. The summed E-state index contributed by atoms with van der Waals surface area (Å²) in [6.45, 7) is 1.86. The fraction of sp³-hybridized carbons (Fsp3) is 0.300. The molecule has 0 amide bonds. The highest BCUT2D eigenvalue weighted by atomic mass is 32.1. The van der Waals surface area contributed by atoms with Gasteiger partial charge in [-0.05, 0) is 13.0 Å². The van der Waals surface area contributed by atoms with Crippen molar-refractivity contribution >= 4 is 24.1 Å². The molecule has 0 aliphatic heterocycles. The number of aryl methyl sites for hydroxylation is 1. The number of nitrogen functional groups attached to an aromatic ring is 2. The van der Waals surface area contributed by atoms with Crippen LogP contribution in [0, 0.1) is 18.8 Å². The van der Waals surface area contributed by atoms with Gasteiger partial charge in [-0.25, -0.2) is 4.98 Å². The number of aromatic nitrogens is 1. The van der Waals surface area contributed by atoms with Crippen molar-refractivity contribution < 1.29 is 0 Å². The van der Waals surface area contributed by atoms with Gasteiger partial charge in [0.05, 0.1) is 11.4 Å². The Morgan fingerprint density at radius 1 is 1.50 bits per heavy atom. The summed E-state index contributed by atoms with van der Waals surface area (Å²) < 4.78 is 0. The van der Waals surface area contributed by atoms with Crippen molar-refractivity contribution in [3.63, 3.8) is 0 Å². The zero-order chi connectivity index (χ0) is 10.6. The first-order chi connectivity index (χ1) is 6.65. The number of hydrogen-bond donors (Lipinski definition) is 3. The molecule has 0 radical (unpaired) electrons. The minimum absolute atomic E-state index is 0.363. The van der Waals surface area contributed by atoms with Gasteiger partial charge >= 0.3 is 0 Å². The van der Waals surface area contributed by atoms with E-state index in [1.165, 1.54) is 0 Å². The van der Waals surface area contributed by atoms with Crippen LogP contribution in [-0.2, 0) is 0 Å². The Labute approximate surface area is 89.3 Å². The highest BCUT2D eigenvalue weighted by Crippen LogP contribution is 2.15. The van der Waals surface area contributed by atoms with Gasteiger partial charge in [0.1, 0.15) is 5.82 Å². The van der Waals surface area contributed by atoms with E-state index in [0.717, 1.165) is 23.4 Å². The van der Waals surface area contributed by atoms with E-state index in [1.54, 1.807) is 6.07 Å².